The number of hydrogen-bond donors (Lipinski definition) is 1. The largest absolute Gasteiger partial charge is 0.496 e. The van der Waals surface area contributed by atoms with Gasteiger partial charge in [-0.2, -0.15) is 0 Å². The van der Waals surface area contributed by atoms with Gasteiger partial charge >= 0.3 is 0 Å². The van der Waals surface area contributed by atoms with Gasteiger partial charge in [0.2, 0.25) is 10.0 Å². The van der Waals surface area contributed by atoms with Gasteiger partial charge in [-0.15, -0.1) is 0 Å². The zero-order valence-electron chi connectivity index (χ0n) is 13.6. The first-order chi connectivity index (χ1) is 11.4. The molecule has 2 aromatic rings. The molecule has 0 aromatic heterocycles. The number of anilines is 1. The number of ether oxygens (including phenoxy) is 1. The molecule has 0 bridgehead atoms. The highest BCUT2D eigenvalue weighted by atomic mass is 32.2. The molecule has 0 amide bonds. The molecule has 4 nitrogen and oxygen atoms in total. The van der Waals surface area contributed by atoms with E-state index in [-0.39, 0.29) is 11.7 Å². The number of benzene rings is 2. The summed E-state index contributed by atoms with van der Waals surface area (Å²) >= 11 is 0. The fraction of sp³-hybridized carbons (Fsp3) is 0.333. The molecular formula is C18H20FNO3S. The first-order valence-corrected chi connectivity index (χ1v) is 9.66. The molecular weight excluding hydrogens is 329 g/mol. The van der Waals surface area contributed by atoms with Crippen LogP contribution in [0.25, 0.3) is 0 Å². The van der Waals surface area contributed by atoms with Crippen LogP contribution in [0.2, 0.25) is 0 Å². The van der Waals surface area contributed by atoms with E-state index in [0.717, 1.165) is 36.0 Å². The Morgan fingerprint density at radius 1 is 1.12 bits per heavy atom. The topological polar surface area (TPSA) is 55.4 Å². The predicted molar refractivity (Wildman–Crippen MR) is 92.6 cm³/mol. The number of hydrogen-bond acceptors (Lipinski definition) is 3. The average molecular weight is 349 g/mol. The minimum absolute atomic E-state index is 0.215. The molecule has 1 fully saturated rings. The zero-order chi connectivity index (χ0) is 17.3. The second kappa shape index (κ2) is 6.43. The highest BCUT2D eigenvalue weighted by Gasteiger charge is 2.33. The Hall–Kier alpha value is -2.08. The van der Waals surface area contributed by atoms with Crippen molar-refractivity contribution in [2.45, 2.75) is 24.7 Å². The van der Waals surface area contributed by atoms with Crippen LogP contribution in [0, 0.1) is 5.82 Å². The molecule has 1 aliphatic carbocycles. The maximum atomic E-state index is 13.4. The molecule has 128 valence electrons. The molecule has 1 saturated carbocycles. The molecule has 1 aliphatic rings. The lowest BCUT2D eigenvalue weighted by Crippen LogP contribution is -2.21. The van der Waals surface area contributed by atoms with Crippen LogP contribution in [-0.4, -0.2) is 21.8 Å². The van der Waals surface area contributed by atoms with Crippen molar-refractivity contribution in [3.63, 3.8) is 0 Å². The van der Waals surface area contributed by atoms with Crippen molar-refractivity contribution in [2.75, 3.05) is 18.1 Å². The van der Waals surface area contributed by atoms with Crippen molar-refractivity contribution in [1.82, 2.24) is 0 Å². The van der Waals surface area contributed by atoms with Gasteiger partial charge in [0.05, 0.1) is 13.4 Å². The van der Waals surface area contributed by atoms with Crippen LogP contribution in [0.1, 0.15) is 35.8 Å². The number of nitrogens with one attached hydrogen (secondary N) is 1. The van der Waals surface area contributed by atoms with Crippen molar-refractivity contribution in [3.05, 3.63) is 59.4 Å². The molecule has 0 atom stereocenters. The molecule has 24 heavy (non-hydrogen) atoms. The van der Waals surface area contributed by atoms with E-state index in [1.807, 2.05) is 12.1 Å². The molecule has 3 rings (SSSR count). The Bertz CT molecular complexity index is 845. The lowest BCUT2D eigenvalue weighted by molar-refractivity contribution is 0.332. The summed E-state index contributed by atoms with van der Waals surface area (Å²) in [6.07, 6.45) is 2.91. The highest BCUT2D eigenvalue weighted by Crippen LogP contribution is 2.50. The van der Waals surface area contributed by atoms with Crippen LogP contribution in [0.15, 0.2) is 42.5 Å². The molecule has 6 heteroatoms. The second-order valence-corrected chi connectivity index (χ2v) is 8.00. The maximum Gasteiger partial charge on any atom is 0.229 e. The number of rotatable bonds is 5. The average Bonchev–Trinajstić information content (AvgIpc) is 2.44. The van der Waals surface area contributed by atoms with Crippen molar-refractivity contribution < 1.29 is 17.5 Å². The Morgan fingerprint density at radius 3 is 2.50 bits per heavy atom. The van der Waals surface area contributed by atoms with Crippen molar-refractivity contribution >= 4 is 15.7 Å². The summed E-state index contributed by atoms with van der Waals surface area (Å²) < 4.78 is 44.1. The quantitative estimate of drug-likeness (QED) is 0.891. The van der Waals surface area contributed by atoms with Gasteiger partial charge < -0.3 is 4.74 Å². The summed E-state index contributed by atoms with van der Waals surface area (Å²) in [5, 5.41) is 0. The summed E-state index contributed by atoms with van der Waals surface area (Å²) in [4.78, 5) is 0. The van der Waals surface area contributed by atoms with E-state index in [2.05, 4.69) is 4.72 Å². The number of sulfonamides is 1. The van der Waals surface area contributed by atoms with Crippen LogP contribution < -0.4 is 9.46 Å². The van der Waals surface area contributed by atoms with Crippen molar-refractivity contribution in [2.24, 2.45) is 0 Å². The normalized spacial score (nSPS) is 20.3. The molecule has 1 N–H and O–H groups in total. The Labute approximate surface area is 141 Å². The standard InChI is InChI=1S/C18H20FNO3S/c1-23-18-7-6-16(20-24(2,21)22)11-17(18)14-8-13(9-14)12-4-3-5-15(19)10-12/h3-7,10-11,13-14,20H,8-9H2,1-2H3/t13-,14+. The second-order valence-electron chi connectivity index (χ2n) is 6.25. The van der Waals surface area contributed by atoms with Gasteiger partial charge in [-0.25, -0.2) is 12.8 Å². The third-order valence-corrected chi connectivity index (χ3v) is 5.04. The van der Waals surface area contributed by atoms with Crippen LogP contribution in [0.4, 0.5) is 10.1 Å². The lowest BCUT2D eigenvalue weighted by atomic mass is 9.68. The van der Waals surface area contributed by atoms with E-state index >= 15 is 0 Å². The van der Waals surface area contributed by atoms with Crippen LogP contribution >= 0.6 is 0 Å². The fourth-order valence-electron chi connectivity index (χ4n) is 3.24. The summed E-state index contributed by atoms with van der Waals surface area (Å²) in [5.74, 6) is 1.13. The molecule has 0 radical (unpaired) electrons. The monoisotopic (exact) mass is 349 g/mol. The van der Waals surface area contributed by atoms with Crippen LogP contribution in [0.5, 0.6) is 5.75 Å². The smallest absolute Gasteiger partial charge is 0.229 e. The molecule has 2 aromatic carbocycles. The van der Waals surface area contributed by atoms with E-state index in [4.69, 9.17) is 4.74 Å². The number of methoxy groups -OCH3 is 1. The van der Waals surface area contributed by atoms with Crippen molar-refractivity contribution in [1.29, 1.82) is 0 Å². The molecule has 0 heterocycles. The van der Waals surface area contributed by atoms with Gasteiger partial charge in [0.1, 0.15) is 11.6 Å². The van der Waals surface area contributed by atoms with Gasteiger partial charge in [-0.1, -0.05) is 12.1 Å². The molecule has 0 saturated heterocycles. The van der Waals surface area contributed by atoms with Gasteiger partial charge in [-0.3, -0.25) is 4.72 Å². The highest BCUT2D eigenvalue weighted by molar-refractivity contribution is 7.92. The van der Waals surface area contributed by atoms with Crippen LogP contribution in [-0.2, 0) is 10.0 Å². The first-order valence-electron chi connectivity index (χ1n) is 7.77. The predicted octanol–water partition coefficient (Wildman–Crippen LogP) is 3.87. The van der Waals surface area contributed by atoms with Crippen molar-refractivity contribution in [3.8, 4) is 5.75 Å². The van der Waals surface area contributed by atoms with Gasteiger partial charge in [0.25, 0.3) is 0 Å². The minimum Gasteiger partial charge on any atom is -0.496 e. The Kier molecular flexibility index (Phi) is 4.49. The summed E-state index contributed by atoms with van der Waals surface area (Å²) in [6, 6.07) is 12.0. The van der Waals surface area contributed by atoms with E-state index in [0.29, 0.717) is 11.6 Å². The molecule has 0 unspecified atom stereocenters. The van der Waals surface area contributed by atoms with E-state index in [1.165, 1.54) is 6.07 Å². The van der Waals surface area contributed by atoms with Crippen LogP contribution in [0.3, 0.4) is 0 Å². The summed E-state index contributed by atoms with van der Waals surface area (Å²) in [7, 11) is -1.72. The van der Waals surface area contributed by atoms with E-state index in [9.17, 15) is 12.8 Å². The van der Waals surface area contributed by atoms with E-state index in [1.54, 1.807) is 31.4 Å². The molecule has 0 aliphatic heterocycles. The zero-order valence-corrected chi connectivity index (χ0v) is 14.4. The minimum atomic E-state index is -3.32. The first kappa shape index (κ1) is 16.8. The van der Waals surface area contributed by atoms with Gasteiger partial charge in [0, 0.05) is 5.69 Å². The Balaban J connectivity index is 1.79. The van der Waals surface area contributed by atoms with Gasteiger partial charge in [0.15, 0.2) is 0 Å². The maximum absolute atomic E-state index is 13.4. The molecule has 0 spiro atoms. The van der Waals surface area contributed by atoms with Gasteiger partial charge in [-0.05, 0) is 66.1 Å². The third-order valence-electron chi connectivity index (χ3n) is 4.43. The number of halogens is 1. The SMILES string of the molecule is COc1ccc(NS(C)(=O)=O)cc1[C@H]1C[C@@H](c2cccc(F)c2)C1. The third kappa shape index (κ3) is 3.70. The Morgan fingerprint density at radius 2 is 1.88 bits per heavy atom. The fourth-order valence-corrected chi connectivity index (χ4v) is 3.79. The lowest BCUT2D eigenvalue weighted by Gasteiger charge is -2.37. The summed E-state index contributed by atoms with van der Waals surface area (Å²) in [5.41, 5.74) is 2.52. The van der Waals surface area contributed by atoms with E-state index < -0.39 is 10.0 Å². The summed E-state index contributed by atoms with van der Waals surface area (Å²) in [6.45, 7) is 0.